The molecule has 1 aromatic carbocycles. The van der Waals surface area contributed by atoms with Crippen LogP contribution in [0.2, 0.25) is 0 Å². The van der Waals surface area contributed by atoms with Crippen LogP contribution < -0.4 is 0 Å². The summed E-state index contributed by atoms with van der Waals surface area (Å²) < 4.78 is 57.1. The van der Waals surface area contributed by atoms with Gasteiger partial charge in [-0.1, -0.05) is 38.7 Å². The average Bonchev–Trinajstić information content (AvgIpc) is 3.03. The Morgan fingerprint density at radius 1 is 0.935 bits per heavy atom. The summed E-state index contributed by atoms with van der Waals surface area (Å²) in [6.07, 6.45) is 6.18. The van der Waals surface area contributed by atoms with Crippen LogP contribution >= 0.6 is 0 Å². The third-order valence-corrected chi connectivity index (χ3v) is 8.75. The number of hydrogen-bond acceptors (Lipinski definition) is 1. The van der Waals surface area contributed by atoms with Gasteiger partial charge in [-0.05, 0) is 92.7 Å². The van der Waals surface area contributed by atoms with Crippen LogP contribution in [0.4, 0.5) is 17.6 Å². The van der Waals surface area contributed by atoms with Gasteiger partial charge in [-0.25, -0.2) is 4.39 Å². The number of fused-ring (bicyclic) bond motifs is 1. The molecule has 3 aliphatic carbocycles. The summed E-state index contributed by atoms with van der Waals surface area (Å²) in [6, 6.07) is 2.74. The van der Waals surface area contributed by atoms with Crippen molar-refractivity contribution in [3.8, 4) is 0 Å². The Labute approximate surface area is 183 Å². The molecule has 1 aromatic rings. The zero-order chi connectivity index (χ0) is 22.4. The highest BCUT2D eigenvalue weighted by Gasteiger charge is 2.65. The molecule has 0 radical (unpaired) electrons. The molecule has 174 valence electrons. The Bertz CT molecular complexity index is 772. The summed E-state index contributed by atoms with van der Waals surface area (Å²) in [7, 11) is 0. The van der Waals surface area contributed by atoms with Gasteiger partial charge in [0.25, 0.3) is 0 Å². The SMILES string of the molecule is CCCC1CCC(C2CCC(C3Cc4cc(C)cc(F)c4C3(O)C(F)(F)F)CC2)CC1. The van der Waals surface area contributed by atoms with Crippen molar-refractivity contribution in [1.82, 2.24) is 0 Å². The monoisotopic (exact) mass is 440 g/mol. The molecule has 0 aliphatic heterocycles. The van der Waals surface area contributed by atoms with Crippen molar-refractivity contribution in [2.75, 3.05) is 0 Å². The first kappa shape index (κ1) is 23.1. The Morgan fingerprint density at radius 3 is 2.03 bits per heavy atom. The average molecular weight is 441 g/mol. The van der Waals surface area contributed by atoms with Gasteiger partial charge in [0.15, 0.2) is 5.60 Å². The van der Waals surface area contributed by atoms with Gasteiger partial charge in [-0.3, -0.25) is 0 Å². The number of alkyl halides is 3. The number of rotatable bonds is 4. The van der Waals surface area contributed by atoms with Crippen LogP contribution in [0, 0.1) is 42.3 Å². The number of hydrogen-bond donors (Lipinski definition) is 1. The molecule has 0 saturated heterocycles. The Kier molecular flexibility index (Phi) is 6.46. The third-order valence-electron chi connectivity index (χ3n) is 8.75. The molecular weight excluding hydrogens is 404 g/mol. The largest absolute Gasteiger partial charge is 0.421 e. The van der Waals surface area contributed by atoms with E-state index in [1.165, 1.54) is 38.5 Å². The molecular formula is C26H36F4O. The van der Waals surface area contributed by atoms with Crippen LogP contribution in [0.1, 0.15) is 87.8 Å². The summed E-state index contributed by atoms with van der Waals surface area (Å²) in [4.78, 5) is 0. The standard InChI is InChI=1S/C26H36F4O/c1-3-4-17-5-7-18(8-6-17)19-9-11-20(12-10-19)22-15-21-13-16(2)14-23(27)24(21)25(22,31)26(28,29)30/h13-14,17-20,22,31H,3-12,15H2,1-2H3. The van der Waals surface area contributed by atoms with Crippen molar-refractivity contribution in [2.45, 2.75) is 96.3 Å². The lowest BCUT2D eigenvalue weighted by Crippen LogP contribution is -2.49. The molecule has 4 rings (SSSR count). The van der Waals surface area contributed by atoms with Crippen LogP contribution in [0.3, 0.4) is 0 Å². The van der Waals surface area contributed by atoms with Crippen molar-refractivity contribution >= 4 is 0 Å². The molecule has 2 fully saturated rings. The number of aryl methyl sites for hydroxylation is 1. The van der Waals surface area contributed by atoms with Crippen LogP contribution in [0.5, 0.6) is 0 Å². The summed E-state index contributed by atoms with van der Waals surface area (Å²) in [6.45, 7) is 3.92. The summed E-state index contributed by atoms with van der Waals surface area (Å²) in [5, 5.41) is 11.0. The number of aliphatic hydroxyl groups is 1. The Morgan fingerprint density at radius 2 is 1.48 bits per heavy atom. The van der Waals surface area contributed by atoms with Gasteiger partial charge in [0, 0.05) is 11.5 Å². The van der Waals surface area contributed by atoms with Gasteiger partial charge in [0.2, 0.25) is 0 Å². The molecule has 0 amide bonds. The summed E-state index contributed by atoms with van der Waals surface area (Å²) in [5.74, 6) is 0.0352. The molecule has 31 heavy (non-hydrogen) atoms. The highest BCUT2D eigenvalue weighted by molar-refractivity contribution is 5.44. The van der Waals surface area contributed by atoms with E-state index in [1.807, 2.05) is 0 Å². The number of benzene rings is 1. The minimum atomic E-state index is -4.88. The summed E-state index contributed by atoms with van der Waals surface area (Å²) in [5.41, 5.74) is -2.66. The zero-order valence-corrected chi connectivity index (χ0v) is 18.8. The van der Waals surface area contributed by atoms with E-state index in [4.69, 9.17) is 0 Å². The highest BCUT2D eigenvalue weighted by atomic mass is 19.4. The second-order valence-electron chi connectivity index (χ2n) is 10.6. The van der Waals surface area contributed by atoms with Crippen LogP contribution in [-0.4, -0.2) is 11.3 Å². The maximum Gasteiger partial charge on any atom is 0.421 e. The van der Waals surface area contributed by atoms with E-state index >= 15 is 0 Å². The van der Waals surface area contributed by atoms with Gasteiger partial charge < -0.3 is 5.11 Å². The van der Waals surface area contributed by atoms with Crippen molar-refractivity contribution < 1.29 is 22.7 Å². The minimum absolute atomic E-state index is 0.113. The van der Waals surface area contributed by atoms with Gasteiger partial charge in [-0.15, -0.1) is 0 Å². The van der Waals surface area contributed by atoms with E-state index in [0.29, 0.717) is 35.8 Å². The van der Waals surface area contributed by atoms with E-state index in [2.05, 4.69) is 6.92 Å². The summed E-state index contributed by atoms with van der Waals surface area (Å²) >= 11 is 0. The molecule has 2 saturated carbocycles. The normalized spacial score (nSPS) is 36.4. The molecule has 2 unspecified atom stereocenters. The van der Waals surface area contributed by atoms with E-state index < -0.39 is 29.1 Å². The highest BCUT2D eigenvalue weighted by Crippen LogP contribution is 2.57. The van der Waals surface area contributed by atoms with Gasteiger partial charge in [0.05, 0.1) is 0 Å². The first-order valence-corrected chi connectivity index (χ1v) is 12.2. The topological polar surface area (TPSA) is 20.2 Å². The van der Waals surface area contributed by atoms with Gasteiger partial charge >= 0.3 is 6.18 Å². The molecule has 5 heteroatoms. The second kappa shape index (κ2) is 8.68. The van der Waals surface area contributed by atoms with Gasteiger partial charge in [-0.2, -0.15) is 13.2 Å². The third kappa shape index (κ3) is 4.16. The molecule has 0 aromatic heterocycles. The van der Waals surface area contributed by atoms with E-state index in [-0.39, 0.29) is 12.3 Å². The van der Waals surface area contributed by atoms with Crippen molar-refractivity contribution in [3.63, 3.8) is 0 Å². The molecule has 3 aliphatic rings. The maximum atomic E-state index is 14.6. The fourth-order valence-corrected chi connectivity index (χ4v) is 7.21. The minimum Gasteiger partial charge on any atom is -0.376 e. The molecule has 0 heterocycles. The predicted octanol–water partition coefficient (Wildman–Crippen LogP) is 7.47. The van der Waals surface area contributed by atoms with E-state index in [0.717, 1.165) is 24.8 Å². The van der Waals surface area contributed by atoms with Gasteiger partial charge in [0.1, 0.15) is 5.82 Å². The van der Waals surface area contributed by atoms with E-state index in [9.17, 15) is 22.7 Å². The molecule has 0 spiro atoms. The fourth-order valence-electron chi connectivity index (χ4n) is 7.21. The first-order valence-electron chi connectivity index (χ1n) is 12.2. The second-order valence-corrected chi connectivity index (χ2v) is 10.6. The first-order chi connectivity index (χ1) is 14.6. The Balaban J connectivity index is 1.46. The van der Waals surface area contributed by atoms with Crippen molar-refractivity contribution in [3.05, 3.63) is 34.6 Å². The van der Waals surface area contributed by atoms with Crippen molar-refractivity contribution in [1.29, 1.82) is 0 Å². The lowest BCUT2D eigenvalue weighted by atomic mass is 9.65. The van der Waals surface area contributed by atoms with Crippen LogP contribution in [0.25, 0.3) is 0 Å². The predicted molar refractivity (Wildman–Crippen MR) is 114 cm³/mol. The quantitative estimate of drug-likeness (QED) is 0.482. The molecule has 2 atom stereocenters. The number of halogens is 4. The van der Waals surface area contributed by atoms with E-state index in [1.54, 1.807) is 13.0 Å². The van der Waals surface area contributed by atoms with Crippen molar-refractivity contribution in [2.24, 2.45) is 29.6 Å². The zero-order valence-electron chi connectivity index (χ0n) is 18.8. The molecule has 1 nitrogen and oxygen atoms in total. The Hall–Kier alpha value is -1.10. The van der Waals surface area contributed by atoms with Crippen LogP contribution in [-0.2, 0) is 12.0 Å². The maximum absolute atomic E-state index is 14.6. The van der Waals surface area contributed by atoms with Crippen LogP contribution in [0.15, 0.2) is 12.1 Å². The fraction of sp³-hybridized carbons (Fsp3) is 0.769. The smallest absolute Gasteiger partial charge is 0.376 e. The molecule has 0 bridgehead atoms. The lowest BCUT2D eigenvalue weighted by molar-refractivity contribution is -0.290. The molecule has 1 N–H and O–H groups in total. The lowest BCUT2D eigenvalue weighted by Gasteiger charge is -2.42.